The van der Waals surface area contributed by atoms with E-state index >= 15 is 0 Å². The van der Waals surface area contributed by atoms with Gasteiger partial charge in [0.25, 0.3) is 0 Å². The number of nitrogens with zero attached hydrogens (tertiary/aromatic N) is 2. The van der Waals surface area contributed by atoms with E-state index in [1.807, 2.05) is 0 Å². The molecule has 0 spiro atoms. The lowest BCUT2D eigenvalue weighted by Gasteiger charge is -2.29. The zero-order valence-corrected chi connectivity index (χ0v) is 11.8. The molecule has 1 aromatic rings. The predicted molar refractivity (Wildman–Crippen MR) is 73.7 cm³/mol. The Kier molecular flexibility index (Phi) is 4.86. The number of carbonyl (C=O) groups is 1. The highest BCUT2D eigenvalue weighted by Crippen LogP contribution is 2.20. The molecule has 0 amide bonds. The van der Waals surface area contributed by atoms with E-state index in [1.165, 1.54) is 13.3 Å². The number of esters is 1. The number of aromatic nitrogens is 2. The number of hydrogen-bond acceptors (Lipinski definition) is 7. The molecule has 1 unspecified atom stereocenters. The number of anilines is 1. The normalized spacial score (nSPS) is 21.7. The number of nitrogens with one attached hydrogen (secondary N) is 2. The highest BCUT2D eigenvalue weighted by atomic mass is 16.5. The Morgan fingerprint density at radius 2 is 2.35 bits per heavy atom. The first-order chi connectivity index (χ1) is 9.69. The van der Waals surface area contributed by atoms with Crippen molar-refractivity contribution in [3.05, 3.63) is 18.1 Å². The van der Waals surface area contributed by atoms with Crippen LogP contribution in [0.15, 0.2) is 12.4 Å². The second-order valence-corrected chi connectivity index (χ2v) is 4.88. The van der Waals surface area contributed by atoms with Gasteiger partial charge >= 0.3 is 5.97 Å². The largest absolute Gasteiger partial charge is 0.464 e. The summed E-state index contributed by atoms with van der Waals surface area (Å²) in [6.07, 6.45) is 5.13. The Morgan fingerprint density at radius 3 is 3.00 bits per heavy atom. The third-order valence-corrected chi connectivity index (χ3v) is 3.39. The zero-order chi connectivity index (χ0) is 14.4. The van der Waals surface area contributed by atoms with Crippen LogP contribution >= 0.6 is 0 Å². The first kappa shape index (κ1) is 14.7. The molecule has 1 atom stereocenters. The Morgan fingerprint density at radius 1 is 1.50 bits per heavy atom. The lowest BCUT2D eigenvalue weighted by atomic mass is 9.99. The quantitative estimate of drug-likeness (QED) is 0.731. The standard InChI is InChI=1S/C13H20N4O3/c1-19-9-13(4-3-5-16-13)8-15-11-7-14-6-10(17-11)12(18)20-2/h6-7,16H,3-5,8-9H2,1-2H3,(H,15,17). The summed E-state index contributed by atoms with van der Waals surface area (Å²) in [5, 5.41) is 6.67. The van der Waals surface area contributed by atoms with E-state index in [9.17, 15) is 4.79 Å². The first-order valence-electron chi connectivity index (χ1n) is 6.57. The van der Waals surface area contributed by atoms with Crippen LogP contribution < -0.4 is 10.6 Å². The van der Waals surface area contributed by atoms with Gasteiger partial charge in [-0.1, -0.05) is 0 Å². The average Bonchev–Trinajstić information content (AvgIpc) is 2.94. The lowest BCUT2D eigenvalue weighted by Crippen LogP contribution is -2.49. The molecule has 20 heavy (non-hydrogen) atoms. The van der Waals surface area contributed by atoms with E-state index in [-0.39, 0.29) is 11.2 Å². The topological polar surface area (TPSA) is 85.4 Å². The van der Waals surface area contributed by atoms with Gasteiger partial charge in [0.2, 0.25) is 0 Å². The van der Waals surface area contributed by atoms with Gasteiger partial charge in [-0.25, -0.2) is 9.78 Å². The van der Waals surface area contributed by atoms with Crippen molar-refractivity contribution in [1.82, 2.24) is 15.3 Å². The van der Waals surface area contributed by atoms with Crippen molar-refractivity contribution >= 4 is 11.8 Å². The zero-order valence-electron chi connectivity index (χ0n) is 11.8. The fraction of sp³-hybridized carbons (Fsp3) is 0.615. The first-order valence-corrected chi connectivity index (χ1v) is 6.57. The van der Waals surface area contributed by atoms with Crippen molar-refractivity contribution in [2.45, 2.75) is 18.4 Å². The average molecular weight is 280 g/mol. The third-order valence-electron chi connectivity index (χ3n) is 3.39. The van der Waals surface area contributed by atoms with Crippen LogP contribution in [0, 0.1) is 0 Å². The molecule has 7 heteroatoms. The summed E-state index contributed by atoms with van der Waals surface area (Å²) in [5.41, 5.74) is 0.107. The molecule has 1 fully saturated rings. The number of rotatable bonds is 6. The van der Waals surface area contributed by atoms with E-state index in [0.29, 0.717) is 19.0 Å². The minimum Gasteiger partial charge on any atom is -0.464 e. The van der Waals surface area contributed by atoms with Crippen LogP contribution in [0.2, 0.25) is 0 Å². The molecule has 2 N–H and O–H groups in total. The van der Waals surface area contributed by atoms with Crippen molar-refractivity contribution in [2.75, 3.05) is 39.2 Å². The molecular formula is C13H20N4O3. The molecule has 110 valence electrons. The summed E-state index contributed by atoms with van der Waals surface area (Å²) >= 11 is 0. The number of ether oxygens (including phenoxy) is 2. The van der Waals surface area contributed by atoms with Crippen LogP contribution in [0.3, 0.4) is 0 Å². The summed E-state index contributed by atoms with van der Waals surface area (Å²) in [6.45, 7) is 2.28. The number of methoxy groups -OCH3 is 2. The molecule has 1 saturated heterocycles. The third kappa shape index (κ3) is 3.43. The van der Waals surface area contributed by atoms with Gasteiger partial charge in [-0.2, -0.15) is 0 Å². The van der Waals surface area contributed by atoms with E-state index < -0.39 is 5.97 Å². The highest BCUT2D eigenvalue weighted by Gasteiger charge is 2.33. The molecule has 7 nitrogen and oxygen atoms in total. The minimum absolute atomic E-state index is 0.0856. The maximum atomic E-state index is 11.4. The fourth-order valence-corrected chi connectivity index (χ4v) is 2.38. The molecule has 0 bridgehead atoms. The summed E-state index contributed by atoms with van der Waals surface area (Å²) in [5.74, 6) is 0.0591. The summed E-state index contributed by atoms with van der Waals surface area (Å²) < 4.78 is 9.91. The molecule has 2 heterocycles. The molecular weight excluding hydrogens is 260 g/mol. The van der Waals surface area contributed by atoms with E-state index in [4.69, 9.17) is 4.74 Å². The van der Waals surface area contributed by atoms with Gasteiger partial charge in [-0.05, 0) is 19.4 Å². The summed E-state index contributed by atoms with van der Waals surface area (Å²) in [6, 6.07) is 0. The minimum atomic E-state index is -0.494. The van der Waals surface area contributed by atoms with Crippen LogP contribution in [-0.4, -0.2) is 55.4 Å². The van der Waals surface area contributed by atoms with E-state index in [0.717, 1.165) is 19.4 Å². The smallest absolute Gasteiger partial charge is 0.358 e. The van der Waals surface area contributed by atoms with Gasteiger partial charge in [0, 0.05) is 13.7 Å². The summed E-state index contributed by atoms with van der Waals surface area (Å²) in [4.78, 5) is 19.6. The molecule has 0 saturated carbocycles. The number of carbonyl (C=O) groups excluding carboxylic acids is 1. The van der Waals surface area contributed by atoms with Gasteiger partial charge < -0.3 is 20.1 Å². The lowest BCUT2D eigenvalue weighted by molar-refractivity contribution is 0.0593. The van der Waals surface area contributed by atoms with Crippen molar-refractivity contribution in [3.8, 4) is 0 Å². The second kappa shape index (κ2) is 6.62. The van der Waals surface area contributed by atoms with Crippen LogP contribution in [0.1, 0.15) is 23.3 Å². The molecule has 0 aliphatic carbocycles. The fourth-order valence-electron chi connectivity index (χ4n) is 2.38. The van der Waals surface area contributed by atoms with Crippen LogP contribution in [0.4, 0.5) is 5.82 Å². The maximum Gasteiger partial charge on any atom is 0.358 e. The Balaban J connectivity index is 2.01. The molecule has 1 aliphatic rings. The van der Waals surface area contributed by atoms with Gasteiger partial charge in [0.1, 0.15) is 5.82 Å². The monoisotopic (exact) mass is 280 g/mol. The molecule has 2 rings (SSSR count). The Bertz CT molecular complexity index is 461. The van der Waals surface area contributed by atoms with Crippen molar-refractivity contribution < 1.29 is 14.3 Å². The van der Waals surface area contributed by atoms with Crippen LogP contribution in [0.25, 0.3) is 0 Å². The summed E-state index contributed by atoms with van der Waals surface area (Å²) in [7, 11) is 3.01. The van der Waals surface area contributed by atoms with E-state index in [1.54, 1.807) is 13.3 Å². The second-order valence-electron chi connectivity index (χ2n) is 4.88. The maximum absolute atomic E-state index is 11.4. The molecule has 1 aromatic heterocycles. The Labute approximate surface area is 118 Å². The molecule has 0 aromatic carbocycles. The van der Waals surface area contributed by atoms with Crippen LogP contribution in [0.5, 0.6) is 0 Å². The SMILES string of the molecule is COCC1(CNc2cncc(C(=O)OC)n2)CCCN1. The van der Waals surface area contributed by atoms with Gasteiger partial charge in [-0.15, -0.1) is 0 Å². The van der Waals surface area contributed by atoms with Crippen LogP contribution in [-0.2, 0) is 9.47 Å². The van der Waals surface area contributed by atoms with Gasteiger partial charge in [0.15, 0.2) is 5.69 Å². The highest BCUT2D eigenvalue weighted by molar-refractivity contribution is 5.87. The van der Waals surface area contributed by atoms with Gasteiger partial charge in [0.05, 0.1) is 31.6 Å². The van der Waals surface area contributed by atoms with E-state index in [2.05, 4.69) is 25.3 Å². The molecule has 1 aliphatic heterocycles. The van der Waals surface area contributed by atoms with Crippen molar-refractivity contribution in [1.29, 1.82) is 0 Å². The molecule has 0 radical (unpaired) electrons. The number of hydrogen-bond donors (Lipinski definition) is 2. The predicted octanol–water partition coefficient (Wildman–Crippen LogP) is 0.444. The Hall–Kier alpha value is -1.73. The van der Waals surface area contributed by atoms with Crippen molar-refractivity contribution in [3.63, 3.8) is 0 Å². The van der Waals surface area contributed by atoms with Gasteiger partial charge in [-0.3, -0.25) is 4.98 Å². The van der Waals surface area contributed by atoms with Crippen molar-refractivity contribution in [2.24, 2.45) is 0 Å².